The van der Waals surface area contributed by atoms with Gasteiger partial charge in [-0.1, -0.05) is 19.1 Å². The largest absolute Gasteiger partial charge is 0.340 e. The summed E-state index contributed by atoms with van der Waals surface area (Å²) in [6.45, 7) is 2.94. The van der Waals surface area contributed by atoms with Gasteiger partial charge in [-0.2, -0.15) is 5.26 Å². The summed E-state index contributed by atoms with van der Waals surface area (Å²) in [7, 11) is 1.75. The quantitative estimate of drug-likeness (QED) is 0.857. The van der Waals surface area contributed by atoms with Crippen LogP contribution in [0.5, 0.6) is 0 Å². The number of amides is 2. The molecule has 0 aliphatic carbocycles. The van der Waals surface area contributed by atoms with E-state index in [4.69, 9.17) is 5.26 Å². The van der Waals surface area contributed by atoms with Crippen molar-refractivity contribution in [3.8, 4) is 6.07 Å². The fourth-order valence-electron chi connectivity index (χ4n) is 3.04. The zero-order chi connectivity index (χ0) is 16.8. The third kappa shape index (κ3) is 4.10. The van der Waals surface area contributed by atoms with Gasteiger partial charge in [0.05, 0.1) is 11.6 Å². The molecule has 1 heterocycles. The van der Waals surface area contributed by atoms with Crippen molar-refractivity contribution in [1.82, 2.24) is 9.80 Å². The highest BCUT2D eigenvalue weighted by Gasteiger charge is 2.32. The Labute approximate surface area is 137 Å². The monoisotopic (exact) mass is 313 g/mol. The van der Waals surface area contributed by atoms with Crippen LogP contribution in [0.1, 0.15) is 43.7 Å². The van der Waals surface area contributed by atoms with E-state index in [1.165, 1.54) is 0 Å². The lowest BCUT2D eigenvalue weighted by Gasteiger charge is -2.36. The van der Waals surface area contributed by atoms with Crippen LogP contribution in [-0.2, 0) is 16.1 Å². The van der Waals surface area contributed by atoms with E-state index < -0.39 is 0 Å². The molecule has 2 amide bonds. The first kappa shape index (κ1) is 17.0. The van der Waals surface area contributed by atoms with Crippen LogP contribution in [0, 0.1) is 11.3 Å². The van der Waals surface area contributed by atoms with Crippen molar-refractivity contribution in [2.45, 2.75) is 45.2 Å². The number of hydrogen-bond donors (Lipinski definition) is 0. The first-order chi connectivity index (χ1) is 11.1. The van der Waals surface area contributed by atoms with E-state index in [1.54, 1.807) is 29.0 Å². The van der Waals surface area contributed by atoms with Gasteiger partial charge in [-0.05, 0) is 37.0 Å². The summed E-state index contributed by atoms with van der Waals surface area (Å²) in [5.74, 6) is 0.0248. The van der Waals surface area contributed by atoms with Crippen molar-refractivity contribution < 1.29 is 9.59 Å². The summed E-state index contributed by atoms with van der Waals surface area (Å²) in [6, 6.07) is 9.02. The Bertz CT molecular complexity index is 621. The molecule has 0 spiro atoms. The highest BCUT2D eigenvalue weighted by Crippen LogP contribution is 2.20. The van der Waals surface area contributed by atoms with Crippen LogP contribution in [0.4, 0.5) is 0 Å². The molecule has 1 fully saturated rings. The third-order valence-electron chi connectivity index (χ3n) is 4.26. The number of likely N-dealkylation sites (N-methyl/N-ethyl adjacent to an activating group) is 1. The number of piperidine rings is 1. The van der Waals surface area contributed by atoms with Crippen LogP contribution in [0.3, 0.4) is 0 Å². The second-order valence-corrected chi connectivity index (χ2v) is 5.96. The van der Waals surface area contributed by atoms with Gasteiger partial charge in [-0.25, -0.2) is 0 Å². The van der Waals surface area contributed by atoms with Crippen LogP contribution in [0.2, 0.25) is 0 Å². The molecule has 1 atom stereocenters. The number of nitrogens with zero attached hydrogens (tertiary/aromatic N) is 3. The molecular weight excluding hydrogens is 290 g/mol. The molecule has 5 heteroatoms. The number of nitriles is 1. The van der Waals surface area contributed by atoms with Gasteiger partial charge in [-0.3, -0.25) is 9.59 Å². The molecule has 0 saturated carbocycles. The molecule has 0 bridgehead atoms. The topological polar surface area (TPSA) is 64.4 Å². The fourth-order valence-corrected chi connectivity index (χ4v) is 3.04. The van der Waals surface area contributed by atoms with E-state index in [0.29, 0.717) is 25.1 Å². The summed E-state index contributed by atoms with van der Waals surface area (Å²) in [4.78, 5) is 28.2. The lowest BCUT2D eigenvalue weighted by Crippen LogP contribution is -2.52. The lowest BCUT2D eigenvalue weighted by molar-refractivity contribution is -0.147. The van der Waals surface area contributed by atoms with Crippen molar-refractivity contribution in [3.05, 3.63) is 35.4 Å². The Morgan fingerprint density at radius 1 is 1.39 bits per heavy atom. The molecule has 0 radical (unpaired) electrons. The zero-order valence-electron chi connectivity index (χ0n) is 13.8. The molecule has 5 nitrogen and oxygen atoms in total. The smallest absolute Gasteiger partial charge is 0.245 e. The minimum absolute atomic E-state index is 0.0196. The average Bonchev–Trinajstić information content (AvgIpc) is 2.60. The maximum absolute atomic E-state index is 12.8. The first-order valence-electron chi connectivity index (χ1n) is 8.10. The summed E-state index contributed by atoms with van der Waals surface area (Å²) < 4.78 is 0. The molecular formula is C18H23N3O2. The van der Waals surface area contributed by atoms with Gasteiger partial charge in [0, 0.05) is 26.6 Å². The third-order valence-corrected chi connectivity index (χ3v) is 4.26. The second-order valence-electron chi connectivity index (χ2n) is 5.96. The van der Waals surface area contributed by atoms with E-state index in [0.717, 1.165) is 24.8 Å². The molecule has 1 aromatic rings. The minimum atomic E-state index is -0.347. The number of benzene rings is 1. The van der Waals surface area contributed by atoms with Gasteiger partial charge < -0.3 is 9.80 Å². The zero-order valence-corrected chi connectivity index (χ0v) is 13.8. The normalized spacial score (nSPS) is 17.4. The molecule has 122 valence electrons. The molecule has 23 heavy (non-hydrogen) atoms. The standard InChI is InChI=1S/C18H23N3O2/c1-3-17(22)21-10-5-4-9-16(21)18(23)20(2)13-15-8-6-7-14(11-15)12-19/h6-8,11,16H,3-5,9-10,13H2,1-2H3. The molecule has 1 unspecified atom stereocenters. The summed E-state index contributed by atoms with van der Waals surface area (Å²) in [5, 5.41) is 8.96. The highest BCUT2D eigenvalue weighted by atomic mass is 16.2. The number of hydrogen-bond acceptors (Lipinski definition) is 3. The summed E-state index contributed by atoms with van der Waals surface area (Å²) in [6.07, 6.45) is 3.09. The SMILES string of the molecule is CCC(=O)N1CCCCC1C(=O)N(C)Cc1cccc(C#N)c1. The maximum atomic E-state index is 12.8. The van der Waals surface area contributed by atoms with Crippen LogP contribution in [0.15, 0.2) is 24.3 Å². The molecule has 1 aliphatic rings. The Morgan fingerprint density at radius 2 is 2.17 bits per heavy atom. The summed E-state index contributed by atoms with van der Waals surface area (Å²) >= 11 is 0. The van der Waals surface area contributed by atoms with Gasteiger partial charge in [0.2, 0.25) is 11.8 Å². The van der Waals surface area contributed by atoms with Gasteiger partial charge in [0.15, 0.2) is 0 Å². The average molecular weight is 313 g/mol. The predicted octanol–water partition coefficient (Wildman–Crippen LogP) is 2.31. The molecule has 0 aromatic heterocycles. The Hall–Kier alpha value is -2.35. The van der Waals surface area contributed by atoms with Gasteiger partial charge in [-0.15, -0.1) is 0 Å². The van der Waals surface area contributed by atoms with Crippen molar-refractivity contribution in [1.29, 1.82) is 5.26 Å². The number of rotatable bonds is 4. The van der Waals surface area contributed by atoms with Crippen LogP contribution >= 0.6 is 0 Å². The van der Waals surface area contributed by atoms with E-state index in [1.807, 2.05) is 19.1 Å². The van der Waals surface area contributed by atoms with E-state index in [9.17, 15) is 9.59 Å². The number of carbonyl (C=O) groups excluding carboxylic acids is 2. The Kier molecular flexibility index (Phi) is 5.75. The summed E-state index contributed by atoms with van der Waals surface area (Å²) in [5.41, 5.74) is 1.51. The minimum Gasteiger partial charge on any atom is -0.340 e. The van der Waals surface area contributed by atoms with Crippen molar-refractivity contribution in [2.75, 3.05) is 13.6 Å². The molecule has 2 rings (SSSR count). The Morgan fingerprint density at radius 3 is 2.87 bits per heavy atom. The van der Waals surface area contributed by atoms with Crippen LogP contribution in [0.25, 0.3) is 0 Å². The van der Waals surface area contributed by atoms with Gasteiger partial charge >= 0.3 is 0 Å². The highest BCUT2D eigenvalue weighted by molar-refractivity contribution is 5.87. The molecule has 0 N–H and O–H groups in total. The van der Waals surface area contributed by atoms with Crippen molar-refractivity contribution in [3.63, 3.8) is 0 Å². The molecule has 1 aromatic carbocycles. The van der Waals surface area contributed by atoms with E-state index in [2.05, 4.69) is 6.07 Å². The molecule has 1 aliphatic heterocycles. The van der Waals surface area contributed by atoms with E-state index in [-0.39, 0.29) is 17.9 Å². The predicted molar refractivity (Wildman–Crippen MR) is 87.3 cm³/mol. The number of likely N-dealkylation sites (tertiary alicyclic amines) is 1. The van der Waals surface area contributed by atoms with Crippen molar-refractivity contribution in [2.24, 2.45) is 0 Å². The second kappa shape index (κ2) is 7.77. The Balaban J connectivity index is 2.08. The van der Waals surface area contributed by atoms with Crippen molar-refractivity contribution >= 4 is 11.8 Å². The lowest BCUT2D eigenvalue weighted by atomic mass is 10.00. The van der Waals surface area contributed by atoms with Crippen LogP contribution in [-0.4, -0.2) is 41.2 Å². The van der Waals surface area contributed by atoms with E-state index >= 15 is 0 Å². The first-order valence-corrected chi connectivity index (χ1v) is 8.10. The van der Waals surface area contributed by atoms with Gasteiger partial charge in [0.25, 0.3) is 0 Å². The van der Waals surface area contributed by atoms with Crippen LogP contribution < -0.4 is 0 Å². The number of carbonyl (C=O) groups is 2. The van der Waals surface area contributed by atoms with Gasteiger partial charge in [0.1, 0.15) is 6.04 Å². The maximum Gasteiger partial charge on any atom is 0.245 e. The fraction of sp³-hybridized carbons (Fsp3) is 0.500. The molecule has 1 saturated heterocycles.